The highest BCUT2D eigenvalue weighted by Gasteiger charge is 2.30. The van der Waals surface area contributed by atoms with Crippen LogP contribution in [0.3, 0.4) is 0 Å². The molecule has 7 heteroatoms. The normalized spacial score (nSPS) is 18.7. The highest BCUT2D eigenvalue weighted by atomic mass is 32.2. The average molecular weight is 328 g/mol. The van der Waals surface area contributed by atoms with Crippen LogP contribution in [0.2, 0.25) is 0 Å². The van der Waals surface area contributed by atoms with Crippen molar-refractivity contribution < 1.29 is 18.3 Å². The zero-order chi connectivity index (χ0) is 16.9. The Morgan fingerprint density at radius 2 is 1.95 bits per heavy atom. The fraction of sp³-hybridized carbons (Fsp3) is 0.533. The largest absolute Gasteiger partial charge is 0.480 e. The molecule has 1 aliphatic rings. The van der Waals surface area contributed by atoms with Crippen LogP contribution in [0.25, 0.3) is 0 Å². The lowest BCUT2D eigenvalue weighted by Crippen LogP contribution is -2.52. The van der Waals surface area contributed by atoms with Gasteiger partial charge in [-0.3, -0.25) is 14.4 Å². The number of nitrogens with one attached hydrogen (secondary N) is 1. The Hall–Kier alpha value is -1.60. The molecule has 0 spiro atoms. The Kier molecular flexibility index (Phi) is 6.37. The van der Waals surface area contributed by atoms with Gasteiger partial charge in [-0.2, -0.15) is 0 Å². The second-order valence-corrected chi connectivity index (χ2v) is 6.96. The van der Waals surface area contributed by atoms with E-state index in [4.69, 9.17) is 5.11 Å². The molecule has 22 heavy (non-hydrogen) atoms. The van der Waals surface area contributed by atoms with E-state index in [0.29, 0.717) is 12.1 Å². The topological polar surface area (TPSA) is 86.7 Å². The van der Waals surface area contributed by atoms with Crippen molar-refractivity contribution in [2.75, 3.05) is 17.1 Å². The zero-order valence-electron chi connectivity index (χ0n) is 13.4. The lowest BCUT2D eigenvalue weighted by Gasteiger charge is -2.35. The first-order valence-electron chi connectivity index (χ1n) is 7.33. The molecule has 2 N–H and O–H groups in total. The molecule has 2 rings (SSSR count). The first-order chi connectivity index (χ1) is 10.3. The van der Waals surface area contributed by atoms with E-state index in [9.17, 15) is 13.2 Å². The molecule has 6 nitrogen and oxygen atoms in total. The molecule has 0 bridgehead atoms. The van der Waals surface area contributed by atoms with Crippen molar-refractivity contribution in [3.8, 4) is 0 Å². The Bertz CT molecular complexity index is 616. The molecule has 1 aromatic rings. The molecule has 124 valence electrons. The van der Waals surface area contributed by atoms with Crippen molar-refractivity contribution in [3.63, 3.8) is 0 Å². The minimum Gasteiger partial charge on any atom is -0.480 e. The monoisotopic (exact) mass is 328 g/mol. The molecule has 1 heterocycles. The summed E-state index contributed by atoms with van der Waals surface area (Å²) in [5, 5.41) is 11.9. The van der Waals surface area contributed by atoms with Crippen LogP contribution in [0.5, 0.6) is 0 Å². The molecule has 0 aliphatic carbocycles. The van der Waals surface area contributed by atoms with Gasteiger partial charge < -0.3 is 5.11 Å². The first-order valence-corrected chi connectivity index (χ1v) is 9.18. The van der Waals surface area contributed by atoms with Crippen LogP contribution in [0, 0.1) is 0 Å². The van der Waals surface area contributed by atoms with Gasteiger partial charge in [-0.1, -0.05) is 32.0 Å². The van der Waals surface area contributed by atoms with Gasteiger partial charge in [0, 0.05) is 12.6 Å². The SMILES string of the molecule is CC.CC(N[C@@H]1Cc2ccccc2N(S(C)(=O)=O)C1)C(=O)O. The second kappa shape index (κ2) is 7.60. The molecule has 1 aromatic carbocycles. The van der Waals surface area contributed by atoms with Crippen molar-refractivity contribution in [2.45, 2.75) is 39.3 Å². The molecule has 0 aromatic heterocycles. The molecule has 1 unspecified atom stereocenters. The maximum absolute atomic E-state index is 11.9. The summed E-state index contributed by atoms with van der Waals surface area (Å²) in [5.41, 5.74) is 1.58. The number of aliphatic carboxylic acids is 1. The van der Waals surface area contributed by atoms with Gasteiger partial charge in [-0.05, 0) is 25.0 Å². The summed E-state index contributed by atoms with van der Waals surface area (Å²) in [4.78, 5) is 10.9. The number of carboxylic acids is 1. The van der Waals surface area contributed by atoms with Gasteiger partial charge in [0.25, 0.3) is 0 Å². The van der Waals surface area contributed by atoms with Crippen LogP contribution in [0.1, 0.15) is 26.3 Å². The zero-order valence-corrected chi connectivity index (χ0v) is 14.2. The Morgan fingerprint density at radius 3 is 2.50 bits per heavy atom. The fourth-order valence-electron chi connectivity index (χ4n) is 2.41. The molecule has 0 fully saturated rings. The van der Waals surface area contributed by atoms with Gasteiger partial charge in [0.15, 0.2) is 0 Å². The third-order valence-electron chi connectivity index (χ3n) is 3.37. The predicted molar refractivity (Wildman–Crippen MR) is 87.7 cm³/mol. The molecule has 1 aliphatic heterocycles. The number of rotatable bonds is 4. The average Bonchev–Trinajstić information content (AvgIpc) is 2.47. The molecular weight excluding hydrogens is 304 g/mol. The van der Waals surface area contributed by atoms with E-state index in [2.05, 4.69) is 5.32 Å². The maximum Gasteiger partial charge on any atom is 0.320 e. The van der Waals surface area contributed by atoms with Crippen molar-refractivity contribution in [3.05, 3.63) is 29.8 Å². The number of carboxylic acid groups (broad SMARTS) is 1. The van der Waals surface area contributed by atoms with Gasteiger partial charge in [-0.25, -0.2) is 8.42 Å². The van der Waals surface area contributed by atoms with Crippen LogP contribution in [0.15, 0.2) is 24.3 Å². The fourth-order valence-corrected chi connectivity index (χ4v) is 3.39. The highest BCUT2D eigenvalue weighted by molar-refractivity contribution is 7.92. The lowest BCUT2D eigenvalue weighted by molar-refractivity contribution is -0.139. The number of benzene rings is 1. The van der Waals surface area contributed by atoms with Crippen molar-refractivity contribution in [1.82, 2.24) is 5.32 Å². The molecule has 0 radical (unpaired) electrons. The number of para-hydroxylation sites is 1. The predicted octanol–water partition coefficient (Wildman–Crippen LogP) is 1.47. The molecule has 0 saturated carbocycles. The van der Waals surface area contributed by atoms with Crippen LogP contribution < -0.4 is 9.62 Å². The summed E-state index contributed by atoms with van der Waals surface area (Å²) in [6.07, 6.45) is 1.77. The number of hydrogen-bond donors (Lipinski definition) is 2. The summed E-state index contributed by atoms with van der Waals surface area (Å²) >= 11 is 0. The summed E-state index contributed by atoms with van der Waals surface area (Å²) in [5.74, 6) is -0.949. The number of anilines is 1. The second-order valence-electron chi connectivity index (χ2n) is 5.05. The van der Waals surface area contributed by atoms with Gasteiger partial charge >= 0.3 is 5.97 Å². The van der Waals surface area contributed by atoms with Gasteiger partial charge in [-0.15, -0.1) is 0 Å². The quantitative estimate of drug-likeness (QED) is 0.874. The van der Waals surface area contributed by atoms with Crippen LogP contribution in [-0.2, 0) is 21.2 Å². The molecule has 2 atom stereocenters. The summed E-state index contributed by atoms with van der Waals surface area (Å²) in [6, 6.07) is 6.35. The van der Waals surface area contributed by atoms with E-state index >= 15 is 0 Å². The van der Waals surface area contributed by atoms with E-state index < -0.39 is 22.0 Å². The number of hydrogen-bond acceptors (Lipinski definition) is 4. The number of carbonyl (C=O) groups is 1. The third-order valence-corrected chi connectivity index (χ3v) is 4.52. The number of nitrogens with zero attached hydrogens (tertiary/aromatic N) is 1. The van der Waals surface area contributed by atoms with Gasteiger partial charge in [0.1, 0.15) is 6.04 Å². The van der Waals surface area contributed by atoms with E-state index in [1.807, 2.05) is 26.0 Å². The van der Waals surface area contributed by atoms with Gasteiger partial charge in [0.2, 0.25) is 10.0 Å². The number of sulfonamides is 1. The Balaban J connectivity index is 0.00000116. The summed E-state index contributed by atoms with van der Waals surface area (Å²) in [6.45, 7) is 5.79. The Labute approximate surface area is 132 Å². The highest BCUT2D eigenvalue weighted by Crippen LogP contribution is 2.28. The van der Waals surface area contributed by atoms with E-state index in [1.165, 1.54) is 4.31 Å². The molecule has 0 saturated heterocycles. The van der Waals surface area contributed by atoms with Crippen molar-refractivity contribution in [2.24, 2.45) is 0 Å². The molecule has 0 amide bonds. The smallest absolute Gasteiger partial charge is 0.320 e. The molecular formula is C15H24N2O4S. The van der Waals surface area contributed by atoms with E-state index in [1.54, 1.807) is 19.1 Å². The first kappa shape index (κ1) is 18.4. The van der Waals surface area contributed by atoms with E-state index in [-0.39, 0.29) is 12.6 Å². The number of fused-ring (bicyclic) bond motifs is 1. The van der Waals surface area contributed by atoms with Crippen LogP contribution >= 0.6 is 0 Å². The minimum absolute atomic E-state index is 0.217. The summed E-state index contributed by atoms with van der Waals surface area (Å²) in [7, 11) is -3.38. The Morgan fingerprint density at radius 1 is 1.36 bits per heavy atom. The lowest BCUT2D eigenvalue weighted by atomic mass is 9.99. The minimum atomic E-state index is -3.38. The van der Waals surface area contributed by atoms with Gasteiger partial charge in [0.05, 0.1) is 11.9 Å². The van der Waals surface area contributed by atoms with Crippen LogP contribution in [-0.4, -0.2) is 44.4 Å². The maximum atomic E-state index is 11.9. The third kappa shape index (κ3) is 4.45. The van der Waals surface area contributed by atoms with Crippen molar-refractivity contribution >= 4 is 21.7 Å². The van der Waals surface area contributed by atoms with E-state index in [0.717, 1.165) is 11.8 Å². The van der Waals surface area contributed by atoms with Crippen LogP contribution in [0.4, 0.5) is 5.69 Å². The summed E-state index contributed by atoms with van der Waals surface area (Å²) < 4.78 is 25.1. The van der Waals surface area contributed by atoms with Crippen molar-refractivity contribution in [1.29, 1.82) is 0 Å². The standard InChI is InChI=1S/C13H18N2O4S.C2H6/c1-9(13(16)17)14-11-7-10-5-3-4-6-12(10)15(8-11)20(2,18)19;1-2/h3-6,9,11,14H,7-8H2,1-2H3,(H,16,17);1-2H3/t9?,11-;/m1./s1.